The first-order valence-corrected chi connectivity index (χ1v) is 8.92. The molecule has 0 radical (unpaired) electrons. The van der Waals surface area contributed by atoms with Gasteiger partial charge in [-0.3, -0.25) is 9.89 Å². The molecule has 1 N–H and O–H groups in total. The predicted molar refractivity (Wildman–Crippen MR) is 110 cm³/mol. The smallest absolute Gasteiger partial charge is 0.203 e. The molecule has 0 amide bonds. The maximum atomic E-state index is 14.2. The lowest BCUT2D eigenvalue weighted by Gasteiger charge is -2.13. The number of nitrogens with one attached hydrogen (secondary N) is 1. The van der Waals surface area contributed by atoms with Gasteiger partial charge in [-0.1, -0.05) is 0 Å². The van der Waals surface area contributed by atoms with Crippen LogP contribution in [0.25, 0.3) is 17.3 Å². The molecule has 0 unspecified atom stereocenters. The summed E-state index contributed by atoms with van der Waals surface area (Å²) in [6.45, 7) is 0. The summed E-state index contributed by atoms with van der Waals surface area (Å²) in [7, 11) is 5.91. The summed E-state index contributed by atoms with van der Waals surface area (Å²) in [5.41, 5.74) is 1.64. The number of rotatable bonds is 8. The maximum absolute atomic E-state index is 14.2. The molecule has 2 aromatic carbocycles. The van der Waals surface area contributed by atoms with E-state index in [4.69, 9.17) is 18.9 Å². The van der Waals surface area contributed by atoms with Gasteiger partial charge < -0.3 is 18.9 Å². The summed E-state index contributed by atoms with van der Waals surface area (Å²) >= 11 is 0. The van der Waals surface area contributed by atoms with E-state index in [1.165, 1.54) is 40.6 Å². The molecule has 0 atom stereocenters. The van der Waals surface area contributed by atoms with Gasteiger partial charge >= 0.3 is 0 Å². The van der Waals surface area contributed by atoms with Crippen LogP contribution in [0, 0.1) is 5.82 Å². The SMILES string of the molecule is COc1ccc(-c2cc(/C=C/C(=O)c3cc(OC)c(OC)c(OC)c3)[nH]n2)c(F)c1. The van der Waals surface area contributed by atoms with Gasteiger partial charge in [-0.25, -0.2) is 4.39 Å². The van der Waals surface area contributed by atoms with Crippen molar-refractivity contribution >= 4 is 11.9 Å². The van der Waals surface area contributed by atoms with Crippen LogP contribution in [0.1, 0.15) is 16.1 Å². The number of methoxy groups -OCH3 is 4. The third-order valence-electron chi connectivity index (χ3n) is 4.41. The molecule has 0 spiro atoms. The van der Waals surface area contributed by atoms with Crippen LogP contribution in [0.2, 0.25) is 0 Å². The number of hydrogen-bond donors (Lipinski definition) is 1. The topological polar surface area (TPSA) is 82.7 Å². The van der Waals surface area contributed by atoms with Crippen molar-refractivity contribution in [1.29, 1.82) is 0 Å². The minimum atomic E-state index is -0.454. The number of halogens is 1. The molecule has 0 saturated heterocycles. The van der Waals surface area contributed by atoms with E-state index in [9.17, 15) is 9.18 Å². The standard InChI is InChI=1S/C22H21FN2O5/c1-27-15-6-7-16(17(23)12-15)18-11-14(24-25-18)5-8-19(26)13-9-20(28-2)22(30-4)21(10-13)29-3/h5-12H,1-4H3,(H,24,25)/b8-5+. The average molecular weight is 412 g/mol. The number of ether oxygens (including phenoxy) is 4. The fourth-order valence-electron chi connectivity index (χ4n) is 2.88. The largest absolute Gasteiger partial charge is 0.497 e. The van der Waals surface area contributed by atoms with Crippen molar-refractivity contribution in [2.45, 2.75) is 0 Å². The highest BCUT2D eigenvalue weighted by Crippen LogP contribution is 2.38. The molecule has 7 nitrogen and oxygen atoms in total. The zero-order valence-electron chi connectivity index (χ0n) is 17.0. The molecule has 0 bridgehead atoms. The molecule has 0 aliphatic rings. The molecule has 1 aromatic heterocycles. The molecule has 156 valence electrons. The Labute approximate surface area is 173 Å². The summed E-state index contributed by atoms with van der Waals surface area (Å²) in [6, 6.07) is 9.30. The van der Waals surface area contributed by atoms with E-state index in [1.807, 2.05) is 0 Å². The highest BCUT2D eigenvalue weighted by Gasteiger charge is 2.16. The molecule has 0 aliphatic heterocycles. The number of ketones is 1. The van der Waals surface area contributed by atoms with Crippen molar-refractivity contribution in [1.82, 2.24) is 10.2 Å². The Balaban J connectivity index is 1.83. The van der Waals surface area contributed by atoms with Crippen molar-refractivity contribution < 1.29 is 28.1 Å². The van der Waals surface area contributed by atoms with Crippen LogP contribution in [0.5, 0.6) is 23.0 Å². The van der Waals surface area contributed by atoms with Crippen LogP contribution in [0.3, 0.4) is 0 Å². The number of carbonyl (C=O) groups is 1. The van der Waals surface area contributed by atoms with Crippen LogP contribution < -0.4 is 18.9 Å². The number of aromatic amines is 1. The lowest BCUT2D eigenvalue weighted by atomic mass is 10.1. The Bertz CT molecular complexity index is 1070. The van der Waals surface area contributed by atoms with E-state index in [2.05, 4.69) is 10.2 Å². The number of aromatic nitrogens is 2. The van der Waals surface area contributed by atoms with Gasteiger partial charge in [0.25, 0.3) is 0 Å². The van der Waals surface area contributed by atoms with Crippen LogP contribution in [-0.4, -0.2) is 44.4 Å². The van der Waals surface area contributed by atoms with Crippen LogP contribution in [0.4, 0.5) is 4.39 Å². The van der Waals surface area contributed by atoms with E-state index >= 15 is 0 Å². The van der Waals surface area contributed by atoms with Gasteiger partial charge in [0.1, 0.15) is 11.6 Å². The number of allylic oxidation sites excluding steroid dienone is 1. The monoisotopic (exact) mass is 412 g/mol. The fraction of sp³-hybridized carbons (Fsp3) is 0.182. The Hall–Kier alpha value is -3.81. The summed E-state index contributed by atoms with van der Waals surface area (Å²) in [4.78, 5) is 12.6. The van der Waals surface area contributed by atoms with Gasteiger partial charge in [0.2, 0.25) is 5.75 Å². The maximum Gasteiger partial charge on any atom is 0.203 e. The van der Waals surface area contributed by atoms with Crippen molar-refractivity contribution in [2.75, 3.05) is 28.4 Å². The molecule has 3 rings (SSSR count). The zero-order chi connectivity index (χ0) is 21.7. The number of H-pyrrole nitrogens is 1. The molecular weight excluding hydrogens is 391 g/mol. The normalized spacial score (nSPS) is 10.8. The lowest BCUT2D eigenvalue weighted by Crippen LogP contribution is -2.00. The first-order valence-electron chi connectivity index (χ1n) is 8.92. The Morgan fingerprint density at radius 2 is 1.67 bits per heavy atom. The first-order chi connectivity index (χ1) is 14.5. The first kappa shape index (κ1) is 20.9. The molecule has 0 aliphatic carbocycles. The highest BCUT2D eigenvalue weighted by atomic mass is 19.1. The summed E-state index contributed by atoms with van der Waals surface area (Å²) in [5, 5.41) is 6.88. The second-order valence-corrected chi connectivity index (χ2v) is 6.17. The number of carbonyl (C=O) groups excluding carboxylic acids is 1. The van der Waals surface area contributed by atoms with E-state index < -0.39 is 5.82 Å². The van der Waals surface area contributed by atoms with Crippen LogP contribution >= 0.6 is 0 Å². The van der Waals surface area contributed by atoms with E-state index in [0.717, 1.165) is 0 Å². The molecule has 1 heterocycles. The number of hydrogen-bond acceptors (Lipinski definition) is 6. The van der Waals surface area contributed by atoms with Crippen LogP contribution in [-0.2, 0) is 0 Å². The van der Waals surface area contributed by atoms with Crippen molar-refractivity contribution in [3.63, 3.8) is 0 Å². The van der Waals surface area contributed by atoms with Crippen molar-refractivity contribution in [2.24, 2.45) is 0 Å². The molecule has 0 saturated carbocycles. The summed E-state index contributed by atoms with van der Waals surface area (Å²) < 4.78 is 35.0. The van der Waals surface area contributed by atoms with Gasteiger partial charge in [-0.2, -0.15) is 5.10 Å². The van der Waals surface area contributed by atoms with Crippen molar-refractivity contribution in [3.8, 4) is 34.3 Å². The molecule has 3 aromatic rings. The molecular formula is C22H21FN2O5. The average Bonchev–Trinajstić information content (AvgIpc) is 3.24. The summed E-state index contributed by atoms with van der Waals surface area (Å²) in [5.74, 6) is 0.855. The number of nitrogens with zero attached hydrogens (tertiary/aromatic N) is 1. The Morgan fingerprint density at radius 3 is 2.23 bits per heavy atom. The fourth-order valence-corrected chi connectivity index (χ4v) is 2.88. The second-order valence-electron chi connectivity index (χ2n) is 6.17. The quantitative estimate of drug-likeness (QED) is 0.442. The Morgan fingerprint density at radius 1 is 0.967 bits per heavy atom. The molecule has 30 heavy (non-hydrogen) atoms. The van der Waals surface area contributed by atoms with Gasteiger partial charge in [0.05, 0.1) is 39.8 Å². The zero-order valence-corrected chi connectivity index (χ0v) is 17.0. The van der Waals surface area contributed by atoms with Gasteiger partial charge in [-0.15, -0.1) is 0 Å². The van der Waals surface area contributed by atoms with Crippen LogP contribution in [0.15, 0.2) is 42.5 Å². The predicted octanol–water partition coefficient (Wildman–Crippen LogP) is 4.15. The summed E-state index contributed by atoms with van der Waals surface area (Å²) in [6.07, 6.45) is 2.94. The third kappa shape index (κ3) is 4.27. The van der Waals surface area contributed by atoms with Gasteiger partial charge in [0, 0.05) is 17.2 Å². The Kier molecular flexibility index (Phi) is 6.36. The lowest BCUT2D eigenvalue weighted by molar-refractivity contribution is 0.104. The van der Waals surface area contributed by atoms with E-state index in [-0.39, 0.29) is 5.78 Å². The molecule has 8 heteroatoms. The van der Waals surface area contributed by atoms with E-state index in [0.29, 0.717) is 45.5 Å². The van der Waals surface area contributed by atoms with Gasteiger partial charge in [-0.05, 0) is 42.5 Å². The minimum Gasteiger partial charge on any atom is -0.497 e. The molecule has 0 fully saturated rings. The third-order valence-corrected chi connectivity index (χ3v) is 4.41. The van der Waals surface area contributed by atoms with E-state index in [1.54, 1.807) is 36.4 Å². The van der Waals surface area contributed by atoms with Crippen molar-refractivity contribution in [3.05, 3.63) is 59.5 Å². The minimum absolute atomic E-state index is 0.277. The second kappa shape index (κ2) is 9.13. The van der Waals surface area contributed by atoms with Gasteiger partial charge in [0.15, 0.2) is 17.3 Å². The number of benzene rings is 2. The highest BCUT2D eigenvalue weighted by molar-refractivity contribution is 6.07.